The Morgan fingerprint density at radius 1 is 0.769 bits per heavy atom. The van der Waals surface area contributed by atoms with Crippen molar-refractivity contribution >= 4 is 5.97 Å². The normalized spacial score (nSPS) is 29.5. The molecule has 0 spiro atoms. The molecule has 0 N–H and O–H groups in total. The number of rotatable bonds is 11. The molecule has 0 saturated heterocycles. The van der Waals surface area contributed by atoms with E-state index in [1.807, 2.05) is 0 Å². The van der Waals surface area contributed by atoms with Crippen molar-refractivity contribution in [3.63, 3.8) is 0 Å². The molecule has 2 saturated carbocycles. The Morgan fingerprint density at radius 2 is 1.42 bits per heavy atom. The summed E-state index contributed by atoms with van der Waals surface area (Å²) in [6, 6.07) is 0. The van der Waals surface area contributed by atoms with Crippen LogP contribution in [0.1, 0.15) is 110 Å². The highest BCUT2D eigenvalue weighted by atomic mass is 16.5. The average molecular weight is 367 g/mol. The number of unbranched alkanes of at least 4 members (excludes halogenated alkanes) is 4. The molecule has 152 valence electrons. The highest BCUT2D eigenvalue weighted by Crippen LogP contribution is 2.34. The van der Waals surface area contributed by atoms with E-state index in [1.165, 1.54) is 51.4 Å². The van der Waals surface area contributed by atoms with Crippen LogP contribution in [-0.4, -0.2) is 24.8 Å². The summed E-state index contributed by atoms with van der Waals surface area (Å²) in [6.07, 6.45) is 18.4. The predicted molar refractivity (Wildman–Crippen MR) is 107 cm³/mol. The van der Waals surface area contributed by atoms with Crippen LogP contribution < -0.4 is 0 Å². The van der Waals surface area contributed by atoms with Gasteiger partial charge in [-0.15, -0.1) is 0 Å². The van der Waals surface area contributed by atoms with Crippen LogP contribution in [0, 0.1) is 11.8 Å². The fourth-order valence-electron chi connectivity index (χ4n) is 4.59. The first-order valence-corrected chi connectivity index (χ1v) is 11.5. The molecule has 0 radical (unpaired) electrons. The zero-order chi connectivity index (χ0) is 18.6. The summed E-state index contributed by atoms with van der Waals surface area (Å²) in [5.74, 6) is 1.11. The Kier molecular flexibility index (Phi) is 10.7. The van der Waals surface area contributed by atoms with E-state index in [0.717, 1.165) is 57.5 Å². The van der Waals surface area contributed by atoms with Crippen LogP contribution in [0.15, 0.2) is 0 Å². The third-order valence-electron chi connectivity index (χ3n) is 6.36. The minimum Gasteiger partial charge on any atom is -0.462 e. The van der Waals surface area contributed by atoms with Crippen molar-refractivity contribution in [2.75, 3.05) is 6.61 Å². The second-order valence-electron chi connectivity index (χ2n) is 8.63. The van der Waals surface area contributed by atoms with E-state index in [-0.39, 0.29) is 18.0 Å². The van der Waals surface area contributed by atoms with Crippen molar-refractivity contribution in [3.8, 4) is 0 Å². The SMILES string of the molecule is CCCCCCCC1CCC(C(=O)OC2CCC(OCCC)CC2)CC1. The third kappa shape index (κ3) is 7.98. The maximum Gasteiger partial charge on any atom is 0.309 e. The van der Waals surface area contributed by atoms with Crippen LogP contribution in [0.3, 0.4) is 0 Å². The van der Waals surface area contributed by atoms with Gasteiger partial charge in [-0.25, -0.2) is 0 Å². The van der Waals surface area contributed by atoms with E-state index in [4.69, 9.17) is 9.47 Å². The van der Waals surface area contributed by atoms with Crippen LogP contribution in [0.4, 0.5) is 0 Å². The van der Waals surface area contributed by atoms with Crippen molar-refractivity contribution < 1.29 is 14.3 Å². The molecule has 26 heavy (non-hydrogen) atoms. The number of carbonyl (C=O) groups excluding carboxylic acids is 1. The van der Waals surface area contributed by atoms with E-state index in [0.29, 0.717) is 6.10 Å². The average Bonchev–Trinajstić information content (AvgIpc) is 2.68. The molecule has 2 aliphatic carbocycles. The summed E-state index contributed by atoms with van der Waals surface area (Å²) in [6.45, 7) is 5.28. The maximum atomic E-state index is 12.5. The lowest BCUT2D eigenvalue weighted by molar-refractivity contribution is -0.158. The maximum absolute atomic E-state index is 12.5. The summed E-state index contributed by atoms with van der Waals surface area (Å²) in [5.41, 5.74) is 0. The van der Waals surface area contributed by atoms with Crippen LogP contribution in [0.2, 0.25) is 0 Å². The summed E-state index contributed by atoms with van der Waals surface area (Å²) in [5, 5.41) is 0. The first-order valence-electron chi connectivity index (χ1n) is 11.5. The lowest BCUT2D eigenvalue weighted by Crippen LogP contribution is -2.32. The molecule has 2 fully saturated rings. The van der Waals surface area contributed by atoms with Gasteiger partial charge in [0.05, 0.1) is 12.0 Å². The predicted octanol–water partition coefficient (Wildman–Crippen LogP) is 6.43. The number of hydrogen-bond donors (Lipinski definition) is 0. The Bertz CT molecular complexity index is 366. The highest BCUT2D eigenvalue weighted by molar-refractivity contribution is 5.72. The van der Waals surface area contributed by atoms with Gasteiger partial charge >= 0.3 is 5.97 Å². The molecule has 0 heterocycles. The van der Waals surface area contributed by atoms with Gasteiger partial charge in [-0.2, -0.15) is 0 Å². The minimum atomic E-state index is 0.0873. The smallest absolute Gasteiger partial charge is 0.309 e. The summed E-state index contributed by atoms with van der Waals surface area (Å²) >= 11 is 0. The quantitative estimate of drug-likeness (QED) is 0.312. The van der Waals surface area contributed by atoms with Gasteiger partial charge in [-0.1, -0.05) is 52.4 Å². The number of hydrogen-bond acceptors (Lipinski definition) is 3. The number of carbonyl (C=O) groups is 1. The Hall–Kier alpha value is -0.570. The second-order valence-corrected chi connectivity index (χ2v) is 8.63. The third-order valence-corrected chi connectivity index (χ3v) is 6.36. The van der Waals surface area contributed by atoms with Gasteiger partial charge in [0.25, 0.3) is 0 Å². The summed E-state index contributed by atoms with van der Waals surface area (Å²) in [4.78, 5) is 12.5. The van der Waals surface area contributed by atoms with E-state index >= 15 is 0 Å². The second kappa shape index (κ2) is 12.8. The van der Waals surface area contributed by atoms with Crippen LogP contribution in [-0.2, 0) is 14.3 Å². The standard InChI is InChI=1S/C23H42O3/c1-3-5-6-7-8-9-19-10-12-20(13-11-19)23(24)26-22-16-14-21(15-17-22)25-18-4-2/h19-22H,3-18H2,1-2H3. The highest BCUT2D eigenvalue weighted by Gasteiger charge is 2.30. The molecule has 3 nitrogen and oxygen atoms in total. The molecule has 0 bridgehead atoms. The molecule has 0 unspecified atom stereocenters. The molecule has 0 aromatic rings. The van der Waals surface area contributed by atoms with Crippen molar-refractivity contribution in [1.82, 2.24) is 0 Å². The molecule has 0 amide bonds. The van der Waals surface area contributed by atoms with Crippen molar-refractivity contribution in [2.24, 2.45) is 11.8 Å². The van der Waals surface area contributed by atoms with E-state index in [1.54, 1.807) is 0 Å². The van der Waals surface area contributed by atoms with E-state index in [2.05, 4.69) is 13.8 Å². The van der Waals surface area contributed by atoms with Gasteiger partial charge in [0.15, 0.2) is 0 Å². The monoisotopic (exact) mass is 366 g/mol. The molecule has 0 aromatic heterocycles. The van der Waals surface area contributed by atoms with Crippen molar-refractivity contribution in [1.29, 1.82) is 0 Å². The van der Waals surface area contributed by atoms with Crippen LogP contribution in [0.5, 0.6) is 0 Å². The zero-order valence-electron chi connectivity index (χ0n) is 17.3. The molecule has 2 rings (SSSR count). The lowest BCUT2D eigenvalue weighted by Gasteiger charge is -2.31. The van der Waals surface area contributed by atoms with Crippen molar-refractivity contribution in [3.05, 3.63) is 0 Å². The number of ether oxygens (including phenoxy) is 2. The molecular weight excluding hydrogens is 324 g/mol. The van der Waals surface area contributed by atoms with Crippen molar-refractivity contribution in [2.45, 2.75) is 122 Å². The fourth-order valence-corrected chi connectivity index (χ4v) is 4.59. The van der Waals surface area contributed by atoms with Crippen LogP contribution in [0.25, 0.3) is 0 Å². The van der Waals surface area contributed by atoms with E-state index < -0.39 is 0 Å². The van der Waals surface area contributed by atoms with Gasteiger partial charge in [0.2, 0.25) is 0 Å². The Labute approximate surface area is 161 Å². The van der Waals surface area contributed by atoms with Gasteiger partial charge < -0.3 is 9.47 Å². The topological polar surface area (TPSA) is 35.5 Å². The molecule has 0 atom stereocenters. The summed E-state index contributed by atoms with van der Waals surface area (Å²) in [7, 11) is 0. The lowest BCUT2D eigenvalue weighted by atomic mass is 9.79. The Morgan fingerprint density at radius 3 is 2.08 bits per heavy atom. The van der Waals surface area contributed by atoms with E-state index in [9.17, 15) is 4.79 Å². The van der Waals surface area contributed by atoms with Gasteiger partial charge in [0, 0.05) is 6.61 Å². The molecule has 0 aliphatic heterocycles. The minimum absolute atomic E-state index is 0.0873. The number of esters is 1. The van der Waals surface area contributed by atoms with Gasteiger partial charge in [0.1, 0.15) is 6.10 Å². The van der Waals surface area contributed by atoms with Crippen LogP contribution >= 0.6 is 0 Å². The van der Waals surface area contributed by atoms with Gasteiger partial charge in [-0.3, -0.25) is 4.79 Å². The molecule has 0 aromatic carbocycles. The zero-order valence-corrected chi connectivity index (χ0v) is 17.3. The largest absolute Gasteiger partial charge is 0.462 e. The fraction of sp³-hybridized carbons (Fsp3) is 0.957. The van der Waals surface area contributed by atoms with Gasteiger partial charge in [-0.05, 0) is 63.7 Å². The Balaban J connectivity index is 1.56. The first kappa shape index (κ1) is 21.7. The molecule has 2 aliphatic rings. The first-order chi connectivity index (χ1) is 12.7. The summed E-state index contributed by atoms with van der Waals surface area (Å²) < 4.78 is 11.7. The molecular formula is C23H42O3. The molecule has 3 heteroatoms.